The number of thiazole rings is 1. The third-order valence-electron chi connectivity index (χ3n) is 3.73. The molecule has 0 aliphatic rings. The van der Waals surface area contributed by atoms with Crippen LogP contribution >= 0.6 is 11.3 Å². The number of hydrogen-bond acceptors (Lipinski definition) is 4. The molecule has 25 heavy (non-hydrogen) atoms. The Hall–Kier alpha value is -2.73. The van der Waals surface area contributed by atoms with Gasteiger partial charge in [-0.2, -0.15) is 0 Å². The summed E-state index contributed by atoms with van der Waals surface area (Å²) in [5.74, 6) is -0.375. The molecule has 128 valence electrons. The number of carbonyl (C=O) groups excluding carboxylic acids is 1. The molecular weight excluding hydrogens is 339 g/mol. The summed E-state index contributed by atoms with van der Waals surface area (Å²) in [4.78, 5) is 16.6. The van der Waals surface area contributed by atoms with E-state index >= 15 is 0 Å². The zero-order chi connectivity index (χ0) is 17.8. The molecule has 0 unspecified atom stereocenters. The van der Waals surface area contributed by atoms with Crippen molar-refractivity contribution in [3.05, 3.63) is 64.2 Å². The van der Waals surface area contributed by atoms with Crippen LogP contribution in [0.2, 0.25) is 0 Å². The van der Waals surface area contributed by atoms with E-state index in [1.54, 1.807) is 12.1 Å². The van der Waals surface area contributed by atoms with Crippen LogP contribution in [0, 0.1) is 12.7 Å². The normalized spacial score (nSPS) is 10.5. The van der Waals surface area contributed by atoms with Crippen LogP contribution in [0.1, 0.15) is 10.6 Å². The lowest BCUT2D eigenvalue weighted by Crippen LogP contribution is -2.14. The number of nitrogens with one attached hydrogen (secondary N) is 1. The molecule has 0 bridgehead atoms. The minimum atomic E-state index is -0.438. The summed E-state index contributed by atoms with van der Waals surface area (Å²) in [6.45, 7) is 1.94. The lowest BCUT2D eigenvalue weighted by molar-refractivity contribution is -0.115. The van der Waals surface area contributed by atoms with Gasteiger partial charge >= 0.3 is 0 Å². The Kier molecular flexibility index (Phi) is 5.09. The van der Waals surface area contributed by atoms with Crippen molar-refractivity contribution in [1.29, 1.82) is 0 Å². The van der Waals surface area contributed by atoms with Gasteiger partial charge in [-0.3, -0.25) is 4.79 Å². The summed E-state index contributed by atoms with van der Waals surface area (Å²) in [6.07, 6.45) is 0.178. The number of amides is 1. The number of anilines is 1. The van der Waals surface area contributed by atoms with Crippen molar-refractivity contribution in [2.75, 3.05) is 12.4 Å². The van der Waals surface area contributed by atoms with E-state index in [4.69, 9.17) is 4.74 Å². The molecule has 2 aromatic carbocycles. The lowest BCUT2D eigenvalue weighted by atomic mass is 10.1. The summed E-state index contributed by atoms with van der Waals surface area (Å²) in [5.41, 5.74) is 3.09. The first-order valence-electron chi connectivity index (χ1n) is 7.70. The van der Waals surface area contributed by atoms with Gasteiger partial charge in [0.25, 0.3) is 0 Å². The van der Waals surface area contributed by atoms with Crippen molar-refractivity contribution >= 4 is 22.9 Å². The fraction of sp³-hybridized carbons (Fsp3) is 0.158. The number of aryl methyl sites for hydroxylation is 1. The Morgan fingerprint density at radius 2 is 2.08 bits per heavy atom. The molecule has 0 aliphatic heterocycles. The summed E-state index contributed by atoms with van der Waals surface area (Å²) in [7, 11) is 1.42. The number of halogens is 1. The van der Waals surface area contributed by atoms with Gasteiger partial charge in [-0.25, -0.2) is 9.37 Å². The molecule has 3 rings (SSSR count). The minimum absolute atomic E-state index is 0.129. The number of carbonyl (C=O) groups is 1. The molecule has 0 saturated carbocycles. The molecule has 0 radical (unpaired) electrons. The predicted molar refractivity (Wildman–Crippen MR) is 97.6 cm³/mol. The van der Waals surface area contributed by atoms with Gasteiger partial charge in [0.15, 0.2) is 11.6 Å². The fourth-order valence-electron chi connectivity index (χ4n) is 2.40. The topological polar surface area (TPSA) is 51.2 Å². The monoisotopic (exact) mass is 356 g/mol. The zero-order valence-electron chi connectivity index (χ0n) is 13.9. The second-order valence-electron chi connectivity index (χ2n) is 5.52. The van der Waals surface area contributed by atoms with Crippen molar-refractivity contribution in [3.63, 3.8) is 0 Å². The van der Waals surface area contributed by atoms with Crippen LogP contribution in [-0.4, -0.2) is 18.0 Å². The van der Waals surface area contributed by atoms with Crippen molar-refractivity contribution < 1.29 is 13.9 Å². The molecule has 0 atom stereocenters. The zero-order valence-corrected chi connectivity index (χ0v) is 14.7. The SMILES string of the molecule is COc1ccc(-c2csc(CC(=O)Nc3ccccc3C)n2)cc1F. The highest BCUT2D eigenvalue weighted by atomic mass is 32.1. The number of aromatic nitrogens is 1. The van der Waals surface area contributed by atoms with E-state index in [-0.39, 0.29) is 18.1 Å². The van der Waals surface area contributed by atoms with Gasteiger partial charge in [-0.1, -0.05) is 18.2 Å². The van der Waals surface area contributed by atoms with Crippen LogP contribution in [0.3, 0.4) is 0 Å². The highest BCUT2D eigenvalue weighted by molar-refractivity contribution is 7.10. The molecule has 0 saturated heterocycles. The molecule has 0 spiro atoms. The Morgan fingerprint density at radius 1 is 1.28 bits per heavy atom. The van der Waals surface area contributed by atoms with Gasteiger partial charge in [0.2, 0.25) is 5.91 Å². The van der Waals surface area contributed by atoms with Crippen LogP contribution in [0.4, 0.5) is 10.1 Å². The standard InChI is InChI=1S/C19H17FN2O2S/c1-12-5-3-4-6-15(12)21-18(23)10-19-22-16(11-25-19)13-7-8-17(24-2)14(20)9-13/h3-9,11H,10H2,1-2H3,(H,21,23). The number of benzene rings is 2. The maximum atomic E-state index is 13.8. The first kappa shape index (κ1) is 17.1. The van der Waals surface area contributed by atoms with Crippen molar-refractivity contribution in [2.45, 2.75) is 13.3 Å². The molecule has 1 N–H and O–H groups in total. The van der Waals surface area contributed by atoms with Crippen LogP contribution in [0.25, 0.3) is 11.3 Å². The van der Waals surface area contributed by atoms with Gasteiger partial charge in [0, 0.05) is 16.6 Å². The third kappa shape index (κ3) is 4.03. The maximum absolute atomic E-state index is 13.8. The third-order valence-corrected chi connectivity index (χ3v) is 4.58. The smallest absolute Gasteiger partial charge is 0.231 e. The van der Waals surface area contributed by atoms with E-state index in [0.29, 0.717) is 16.3 Å². The first-order chi connectivity index (χ1) is 12.1. The summed E-state index contributed by atoms with van der Waals surface area (Å²) < 4.78 is 18.7. The second-order valence-corrected chi connectivity index (χ2v) is 6.46. The lowest BCUT2D eigenvalue weighted by Gasteiger charge is -2.06. The molecule has 1 heterocycles. The number of ether oxygens (including phenoxy) is 1. The van der Waals surface area contributed by atoms with Crippen molar-refractivity contribution in [1.82, 2.24) is 4.98 Å². The number of nitrogens with zero attached hydrogens (tertiary/aromatic N) is 1. The van der Waals surface area contributed by atoms with E-state index in [1.807, 2.05) is 36.6 Å². The minimum Gasteiger partial charge on any atom is -0.494 e. The molecule has 1 amide bonds. The fourth-order valence-corrected chi connectivity index (χ4v) is 3.20. The van der Waals surface area contributed by atoms with Gasteiger partial charge in [-0.15, -0.1) is 11.3 Å². The van der Waals surface area contributed by atoms with E-state index in [9.17, 15) is 9.18 Å². The van der Waals surface area contributed by atoms with E-state index in [2.05, 4.69) is 10.3 Å². The van der Waals surface area contributed by atoms with E-state index in [1.165, 1.54) is 24.5 Å². The predicted octanol–water partition coefficient (Wildman–Crippen LogP) is 4.45. The van der Waals surface area contributed by atoms with E-state index in [0.717, 1.165) is 11.3 Å². The van der Waals surface area contributed by atoms with Crippen molar-refractivity contribution in [3.8, 4) is 17.0 Å². The molecule has 0 fully saturated rings. The molecule has 4 nitrogen and oxygen atoms in total. The summed E-state index contributed by atoms with van der Waals surface area (Å²) in [6, 6.07) is 12.3. The van der Waals surface area contributed by atoms with Crippen molar-refractivity contribution in [2.24, 2.45) is 0 Å². The molecular formula is C19H17FN2O2S. The Balaban J connectivity index is 1.70. The second kappa shape index (κ2) is 7.44. The number of hydrogen-bond donors (Lipinski definition) is 1. The van der Waals surface area contributed by atoms with Crippen LogP contribution in [-0.2, 0) is 11.2 Å². The van der Waals surface area contributed by atoms with E-state index < -0.39 is 5.82 Å². The van der Waals surface area contributed by atoms with Gasteiger partial charge in [0.1, 0.15) is 5.01 Å². The Labute approximate surface area is 149 Å². The highest BCUT2D eigenvalue weighted by Gasteiger charge is 2.12. The van der Waals surface area contributed by atoms with Crippen LogP contribution in [0.5, 0.6) is 5.75 Å². The Morgan fingerprint density at radius 3 is 2.80 bits per heavy atom. The summed E-state index contributed by atoms with van der Waals surface area (Å²) in [5, 5.41) is 5.38. The molecule has 3 aromatic rings. The molecule has 1 aromatic heterocycles. The van der Waals surface area contributed by atoms with Gasteiger partial charge < -0.3 is 10.1 Å². The quantitative estimate of drug-likeness (QED) is 0.735. The number of rotatable bonds is 5. The van der Waals surface area contributed by atoms with Crippen LogP contribution < -0.4 is 10.1 Å². The first-order valence-corrected chi connectivity index (χ1v) is 8.58. The van der Waals surface area contributed by atoms with Gasteiger partial charge in [0.05, 0.1) is 19.2 Å². The molecule has 0 aliphatic carbocycles. The average molecular weight is 356 g/mol. The highest BCUT2D eigenvalue weighted by Crippen LogP contribution is 2.27. The average Bonchev–Trinajstić information content (AvgIpc) is 3.05. The number of methoxy groups -OCH3 is 1. The largest absolute Gasteiger partial charge is 0.494 e. The maximum Gasteiger partial charge on any atom is 0.231 e. The Bertz CT molecular complexity index is 908. The molecule has 6 heteroatoms. The van der Waals surface area contributed by atoms with Gasteiger partial charge in [-0.05, 0) is 36.8 Å². The number of para-hydroxylation sites is 1. The summed E-state index contributed by atoms with van der Waals surface area (Å²) >= 11 is 1.38. The van der Waals surface area contributed by atoms with Crippen LogP contribution in [0.15, 0.2) is 47.8 Å².